The van der Waals surface area contributed by atoms with Crippen molar-refractivity contribution in [2.24, 2.45) is 0 Å². The minimum atomic E-state index is -0.458. The number of anilines is 1. The summed E-state index contributed by atoms with van der Waals surface area (Å²) in [5.74, 6) is 0.406. The van der Waals surface area contributed by atoms with Gasteiger partial charge in [-0.2, -0.15) is 0 Å². The monoisotopic (exact) mass is 316 g/mol. The van der Waals surface area contributed by atoms with Gasteiger partial charge in [0.05, 0.1) is 12.6 Å². The Morgan fingerprint density at radius 2 is 2.22 bits per heavy atom. The highest BCUT2D eigenvalue weighted by Gasteiger charge is 2.46. The van der Waals surface area contributed by atoms with Crippen LogP contribution >= 0.6 is 0 Å². The molecule has 0 saturated carbocycles. The molecule has 2 aromatic heterocycles. The predicted molar refractivity (Wildman–Crippen MR) is 80.8 cm³/mol. The molecular weight excluding hydrogens is 299 g/mol. The van der Waals surface area contributed by atoms with Crippen molar-refractivity contribution in [1.82, 2.24) is 15.0 Å². The second-order valence-corrected chi connectivity index (χ2v) is 5.71. The lowest BCUT2D eigenvalue weighted by atomic mass is 10.0. The van der Waals surface area contributed by atoms with E-state index in [1.165, 1.54) is 18.6 Å². The van der Waals surface area contributed by atoms with Crippen LogP contribution in [0.2, 0.25) is 0 Å². The summed E-state index contributed by atoms with van der Waals surface area (Å²) in [6.45, 7) is 1.28. The van der Waals surface area contributed by atoms with Crippen molar-refractivity contribution in [2.45, 2.75) is 31.1 Å². The number of rotatable bonds is 3. The Hall–Kier alpha value is -2.28. The van der Waals surface area contributed by atoms with Gasteiger partial charge in [0, 0.05) is 19.0 Å². The van der Waals surface area contributed by atoms with Crippen molar-refractivity contribution >= 4 is 5.82 Å². The number of halogens is 1. The highest BCUT2D eigenvalue weighted by Crippen LogP contribution is 2.34. The van der Waals surface area contributed by atoms with E-state index in [2.05, 4.69) is 19.9 Å². The van der Waals surface area contributed by atoms with E-state index in [1.54, 1.807) is 12.3 Å². The van der Waals surface area contributed by atoms with Crippen LogP contribution in [-0.4, -0.2) is 46.4 Å². The molecular formula is C16H17FN4O2. The first-order chi connectivity index (χ1) is 11.3. The zero-order valence-corrected chi connectivity index (χ0v) is 12.5. The number of hydrogen-bond acceptors (Lipinski definition) is 6. The Morgan fingerprint density at radius 1 is 1.26 bits per heavy atom. The number of fused-ring (bicyclic) bond motifs is 1. The van der Waals surface area contributed by atoms with E-state index in [9.17, 15) is 4.39 Å². The Labute approximate surface area is 133 Å². The lowest BCUT2D eigenvalue weighted by molar-refractivity contribution is -0.0381. The molecule has 2 fully saturated rings. The van der Waals surface area contributed by atoms with Crippen LogP contribution in [0.25, 0.3) is 0 Å². The highest BCUT2D eigenvalue weighted by molar-refractivity contribution is 5.42. The Kier molecular flexibility index (Phi) is 3.78. The molecule has 0 bridgehead atoms. The number of pyridine rings is 1. The number of hydrogen-bond donors (Lipinski definition) is 0. The molecule has 0 radical (unpaired) electrons. The number of aromatic nitrogens is 3. The molecule has 6 nitrogen and oxygen atoms in total. The molecule has 0 spiro atoms. The molecule has 7 heteroatoms. The van der Waals surface area contributed by atoms with E-state index < -0.39 is 5.82 Å². The number of ether oxygens (including phenoxy) is 2. The largest absolute Gasteiger partial charge is 0.468 e. The van der Waals surface area contributed by atoms with Crippen LogP contribution in [0.15, 0.2) is 36.9 Å². The van der Waals surface area contributed by atoms with Crippen LogP contribution in [0, 0.1) is 5.82 Å². The second-order valence-electron chi connectivity index (χ2n) is 5.71. The molecule has 0 unspecified atom stereocenters. The molecule has 2 aromatic rings. The summed E-state index contributed by atoms with van der Waals surface area (Å²) in [6.07, 6.45) is 6.37. The molecule has 4 rings (SSSR count). The maximum absolute atomic E-state index is 13.8. The van der Waals surface area contributed by atoms with Crippen LogP contribution < -0.4 is 9.64 Å². The average molecular weight is 316 g/mol. The fraction of sp³-hybridized carbons (Fsp3) is 0.438. The second kappa shape index (κ2) is 6.08. The van der Waals surface area contributed by atoms with E-state index in [0.29, 0.717) is 13.2 Å². The van der Waals surface area contributed by atoms with Gasteiger partial charge in [-0.15, -0.1) is 0 Å². The minimum absolute atomic E-state index is 0.0231. The first-order valence-electron chi connectivity index (χ1n) is 7.74. The third-order valence-corrected chi connectivity index (χ3v) is 4.33. The van der Waals surface area contributed by atoms with Gasteiger partial charge in [0.25, 0.3) is 5.88 Å². The lowest BCUT2D eigenvalue weighted by Crippen LogP contribution is -2.42. The Morgan fingerprint density at radius 3 is 3.04 bits per heavy atom. The Bertz CT molecular complexity index is 672. The molecule has 4 heterocycles. The van der Waals surface area contributed by atoms with Crippen molar-refractivity contribution in [2.75, 3.05) is 18.1 Å². The van der Waals surface area contributed by atoms with Gasteiger partial charge < -0.3 is 14.4 Å². The zero-order chi connectivity index (χ0) is 15.6. The highest BCUT2D eigenvalue weighted by atomic mass is 19.1. The molecule has 120 valence electrons. The molecule has 0 N–H and O–H groups in total. The summed E-state index contributed by atoms with van der Waals surface area (Å²) in [4.78, 5) is 14.4. The zero-order valence-electron chi connectivity index (χ0n) is 12.5. The van der Waals surface area contributed by atoms with Gasteiger partial charge in [0.1, 0.15) is 24.4 Å². The maximum Gasteiger partial charge on any atom is 0.250 e. The van der Waals surface area contributed by atoms with Crippen LogP contribution in [0.3, 0.4) is 0 Å². The van der Waals surface area contributed by atoms with Crippen LogP contribution in [0.1, 0.15) is 12.8 Å². The molecule has 3 atom stereocenters. The van der Waals surface area contributed by atoms with E-state index >= 15 is 0 Å². The molecule has 2 aliphatic rings. The van der Waals surface area contributed by atoms with Gasteiger partial charge in [-0.3, -0.25) is 0 Å². The first-order valence-corrected chi connectivity index (χ1v) is 7.74. The van der Waals surface area contributed by atoms with Crippen LogP contribution in [0.4, 0.5) is 10.2 Å². The van der Waals surface area contributed by atoms with Crippen LogP contribution in [0.5, 0.6) is 5.88 Å². The fourth-order valence-electron chi connectivity index (χ4n) is 3.33. The van der Waals surface area contributed by atoms with Crippen molar-refractivity contribution in [3.63, 3.8) is 0 Å². The molecule has 0 aliphatic carbocycles. The topological polar surface area (TPSA) is 60.4 Å². The lowest BCUT2D eigenvalue weighted by Gasteiger charge is -2.32. The SMILES string of the molecule is Fc1cccnc1O[C@@H]1CN(c2ccncn2)[C@@H]2CCCO[C@@H]21. The summed E-state index contributed by atoms with van der Waals surface area (Å²) >= 11 is 0. The number of nitrogens with zero attached hydrogens (tertiary/aromatic N) is 4. The summed E-state index contributed by atoms with van der Waals surface area (Å²) in [5, 5.41) is 0. The fourth-order valence-corrected chi connectivity index (χ4v) is 3.33. The third kappa shape index (κ3) is 2.72. The van der Waals surface area contributed by atoms with Crippen LogP contribution in [-0.2, 0) is 4.74 Å². The molecule has 0 aromatic carbocycles. The third-order valence-electron chi connectivity index (χ3n) is 4.33. The maximum atomic E-state index is 13.8. The van der Waals surface area contributed by atoms with Gasteiger partial charge in [0.15, 0.2) is 5.82 Å². The van der Waals surface area contributed by atoms with Gasteiger partial charge in [-0.05, 0) is 31.0 Å². The minimum Gasteiger partial charge on any atom is -0.468 e. The smallest absolute Gasteiger partial charge is 0.250 e. The van der Waals surface area contributed by atoms with E-state index in [-0.39, 0.29) is 24.1 Å². The normalized spacial score (nSPS) is 26.8. The van der Waals surface area contributed by atoms with Crippen molar-refractivity contribution in [1.29, 1.82) is 0 Å². The van der Waals surface area contributed by atoms with Gasteiger partial charge in [-0.25, -0.2) is 19.3 Å². The van der Waals surface area contributed by atoms with E-state index in [1.807, 2.05) is 6.07 Å². The summed E-state index contributed by atoms with van der Waals surface area (Å²) < 4.78 is 25.6. The summed E-state index contributed by atoms with van der Waals surface area (Å²) in [5.41, 5.74) is 0. The molecule has 2 aliphatic heterocycles. The predicted octanol–water partition coefficient (Wildman–Crippen LogP) is 1.83. The van der Waals surface area contributed by atoms with E-state index in [4.69, 9.17) is 9.47 Å². The first kappa shape index (κ1) is 14.3. The van der Waals surface area contributed by atoms with Crippen molar-refractivity contribution in [3.05, 3.63) is 42.7 Å². The standard InChI is InChI=1S/C16H17FN4O2/c17-11-3-1-6-19-16(11)23-13-9-21(14-5-7-18-10-20-14)12-4-2-8-22-15(12)13/h1,3,5-7,10,12-13,15H,2,4,8-9H2/t12-,13-,15+/m1/s1. The van der Waals surface area contributed by atoms with Gasteiger partial charge in [0.2, 0.25) is 0 Å². The summed E-state index contributed by atoms with van der Waals surface area (Å²) in [6, 6.07) is 4.94. The molecule has 23 heavy (non-hydrogen) atoms. The van der Waals surface area contributed by atoms with Gasteiger partial charge >= 0.3 is 0 Å². The van der Waals surface area contributed by atoms with Gasteiger partial charge in [-0.1, -0.05) is 0 Å². The van der Waals surface area contributed by atoms with Crippen molar-refractivity contribution < 1.29 is 13.9 Å². The summed E-state index contributed by atoms with van der Waals surface area (Å²) in [7, 11) is 0. The average Bonchev–Trinajstić information content (AvgIpc) is 2.97. The molecule has 0 amide bonds. The quantitative estimate of drug-likeness (QED) is 0.861. The Balaban J connectivity index is 1.59. The van der Waals surface area contributed by atoms with E-state index in [0.717, 1.165) is 18.7 Å². The van der Waals surface area contributed by atoms with Crippen molar-refractivity contribution in [3.8, 4) is 5.88 Å². The molecule has 2 saturated heterocycles.